The number of nitrogens with zero attached hydrogens (tertiary/aromatic N) is 1. The maximum atomic E-state index is 5.89. The van der Waals surface area contributed by atoms with Crippen molar-refractivity contribution in [2.24, 2.45) is 0 Å². The second-order valence-corrected chi connectivity index (χ2v) is 4.39. The smallest absolute Gasteiger partial charge is 0.181 e. The van der Waals surface area contributed by atoms with Crippen molar-refractivity contribution in [1.29, 1.82) is 0 Å². The molecule has 3 heteroatoms. The third-order valence-corrected chi connectivity index (χ3v) is 3.01. The Labute approximate surface area is 110 Å². The van der Waals surface area contributed by atoms with Crippen LogP contribution in [0.2, 0.25) is 5.02 Å². The molecule has 0 atom stereocenters. The minimum atomic E-state index is 0.741. The van der Waals surface area contributed by atoms with Crippen LogP contribution < -0.4 is 0 Å². The van der Waals surface area contributed by atoms with Crippen LogP contribution in [-0.2, 0) is 0 Å². The summed E-state index contributed by atoms with van der Waals surface area (Å²) in [5.74, 6) is 0.769. The lowest BCUT2D eigenvalue weighted by atomic mass is 10.0. The zero-order valence-electron chi connectivity index (χ0n) is 9.51. The summed E-state index contributed by atoms with van der Waals surface area (Å²) in [6.45, 7) is 0. The average Bonchev–Trinajstić information content (AvgIpc) is 2.94. The molecule has 0 aliphatic carbocycles. The summed E-state index contributed by atoms with van der Waals surface area (Å²) in [4.78, 5) is 3.93. The quantitative estimate of drug-likeness (QED) is 0.665. The first-order valence-electron chi connectivity index (χ1n) is 5.58. The number of oxazole rings is 1. The van der Waals surface area contributed by atoms with E-state index in [1.165, 1.54) is 6.39 Å². The van der Waals surface area contributed by atoms with Crippen molar-refractivity contribution in [2.75, 3.05) is 0 Å². The van der Waals surface area contributed by atoms with Crippen molar-refractivity contribution in [3.63, 3.8) is 0 Å². The average molecular weight is 256 g/mol. The zero-order chi connectivity index (χ0) is 12.4. The lowest BCUT2D eigenvalue weighted by Gasteiger charge is -2.03. The first-order valence-corrected chi connectivity index (χ1v) is 5.95. The van der Waals surface area contributed by atoms with Gasteiger partial charge in [-0.15, -0.1) is 0 Å². The van der Waals surface area contributed by atoms with E-state index in [4.69, 9.17) is 16.0 Å². The van der Waals surface area contributed by atoms with Crippen LogP contribution in [0.4, 0.5) is 0 Å². The van der Waals surface area contributed by atoms with Crippen molar-refractivity contribution in [3.05, 3.63) is 66.1 Å². The van der Waals surface area contributed by atoms with Crippen molar-refractivity contribution in [1.82, 2.24) is 4.98 Å². The highest BCUT2D eigenvalue weighted by atomic mass is 35.5. The zero-order valence-corrected chi connectivity index (χ0v) is 10.3. The molecule has 0 aliphatic rings. The fraction of sp³-hybridized carbons (Fsp3) is 0. The Hall–Kier alpha value is -2.06. The topological polar surface area (TPSA) is 26.0 Å². The minimum Gasteiger partial charge on any atom is -0.444 e. The normalized spacial score (nSPS) is 10.5. The van der Waals surface area contributed by atoms with Gasteiger partial charge in [-0.25, -0.2) is 4.98 Å². The Kier molecular flexibility index (Phi) is 2.87. The molecule has 3 rings (SSSR count). The summed E-state index contributed by atoms with van der Waals surface area (Å²) < 4.78 is 5.30. The summed E-state index contributed by atoms with van der Waals surface area (Å²) in [7, 11) is 0. The number of halogens is 1. The van der Waals surface area contributed by atoms with Crippen LogP contribution in [0, 0.1) is 0 Å². The molecule has 1 aromatic heterocycles. The highest BCUT2D eigenvalue weighted by molar-refractivity contribution is 6.30. The van der Waals surface area contributed by atoms with Gasteiger partial charge in [0, 0.05) is 10.6 Å². The molecular weight excluding hydrogens is 246 g/mol. The van der Waals surface area contributed by atoms with E-state index in [1.54, 1.807) is 6.20 Å². The highest BCUT2D eigenvalue weighted by Crippen LogP contribution is 2.26. The van der Waals surface area contributed by atoms with Gasteiger partial charge in [-0.05, 0) is 29.3 Å². The molecule has 0 saturated carbocycles. The maximum absolute atomic E-state index is 5.89. The molecule has 1 heterocycles. The van der Waals surface area contributed by atoms with Crippen LogP contribution in [0.15, 0.2) is 65.5 Å². The Morgan fingerprint density at radius 2 is 1.67 bits per heavy atom. The molecule has 0 aliphatic heterocycles. The SMILES string of the molecule is Clc1ccc(-c2cccc(-c3cnco3)c2)cc1. The minimum absolute atomic E-state index is 0.741. The second-order valence-electron chi connectivity index (χ2n) is 3.95. The molecule has 0 unspecified atom stereocenters. The third kappa shape index (κ3) is 2.15. The second kappa shape index (κ2) is 4.67. The largest absolute Gasteiger partial charge is 0.444 e. The lowest BCUT2D eigenvalue weighted by Crippen LogP contribution is -1.79. The summed E-state index contributed by atoms with van der Waals surface area (Å²) in [5.41, 5.74) is 3.27. The van der Waals surface area contributed by atoms with Crippen molar-refractivity contribution < 1.29 is 4.42 Å². The molecule has 18 heavy (non-hydrogen) atoms. The van der Waals surface area contributed by atoms with Crippen LogP contribution in [0.1, 0.15) is 0 Å². The highest BCUT2D eigenvalue weighted by Gasteiger charge is 2.03. The number of hydrogen-bond donors (Lipinski definition) is 0. The van der Waals surface area contributed by atoms with Gasteiger partial charge in [0.15, 0.2) is 12.2 Å². The molecule has 0 bridgehead atoms. The summed E-state index contributed by atoms with van der Waals surface area (Å²) in [5, 5.41) is 0.741. The van der Waals surface area contributed by atoms with Crippen LogP contribution in [0.5, 0.6) is 0 Å². The summed E-state index contributed by atoms with van der Waals surface area (Å²) >= 11 is 5.89. The fourth-order valence-corrected chi connectivity index (χ4v) is 1.98. The maximum Gasteiger partial charge on any atom is 0.181 e. The third-order valence-electron chi connectivity index (χ3n) is 2.76. The van der Waals surface area contributed by atoms with Gasteiger partial charge in [0.2, 0.25) is 0 Å². The molecule has 0 spiro atoms. The summed E-state index contributed by atoms with van der Waals surface area (Å²) in [6, 6.07) is 15.9. The molecule has 0 fully saturated rings. The molecule has 2 nitrogen and oxygen atoms in total. The molecule has 0 saturated heterocycles. The van der Waals surface area contributed by atoms with E-state index in [2.05, 4.69) is 17.1 Å². The Bertz CT molecular complexity index is 645. The standard InChI is InChI=1S/C15H10ClNO/c16-14-6-4-11(5-7-14)12-2-1-3-13(8-12)15-9-17-10-18-15/h1-10H. The van der Waals surface area contributed by atoms with Gasteiger partial charge < -0.3 is 4.42 Å². The molecule has 0 radical (unpaired) electrons. The van der Waals surface area contributed by atoms with Gasteiger partial charge in [0.25, 0.3) is 0 Å². The number of hydrogen-bond acceptors (Lipinski definition) is 2. The number of benzene rings is 2. The van der Waals surface area contributed by atoms with E-state index in [0.717, 1.165) is 27.5 Å². The first-order chi connectivity index (χ1) is 8.83. The van der Waals surface area contributed by atoms with Crippen molar-refractivity contribution in [2.45, 2.75) is 0 Å². The molecule has 3 aromatic rings. The molecule has 88 valence electrons. The molecule has 2 aromatic carbocycles. The van der Waals surface area contributed by atoms with Gasteiger partial charge >= 0.3 is 0 Å². The van der Waals surface area contributed by atoms with Gasteiger partial charge in [-0.2, -0.15) is 0 Å². The Balaban J connectivity index is 2.03. The molecule has 0 N–H and O–H groups in total. The first kappa shape index (κ1) is 11.1. The van der Waals surface area contributed by atoms with E-state index in [1.807, 2.05) is 36.4 Å². The number of rotatable bonds is 2. The monoisotopic (exact) mass is 255 g/mol. The molecular formula is C15H10ClNO. The summed E-state index contributed by atoms with van der Waals surface area (Å²) in [6.07, 6.45) is 3.14. The van der Waals surface area contributed by atoms with Gasteiger partial charge in [0.05, 0.1) is 6.20 Å². The van der Waals surface area contributed by atoms with Crippen LogP contribution in [0.25, 0.3) is 22.5 Å². The van der Waals surface area contributed by atoms with Crippen molar-refractivity contribution in [3.8, 4) is 22.5 Å². The van der Waals surface area contributed by atoms with Gasteiger partial charge in [-0.3, -0.25) is 0 Å². The van der Waals surface area contributed by atoms with Gasteiger partial charge in [-0.1, -0.05) is 41.9 Å². The Morgan fingerprint density at radius 1 is 0.889 bits per heavy atom. The number of aromatic nitrogens is 1. The van der Waals surface area contributed by atoms with E-state index in [9.17, 15) is 0 Å². The Morgan fingerprint density at radius 3 is 2.39 bits per heavy atom. The van der Waals surface area contributed by atoms with Crippen LogP contribution in [0.3, 0.4) is 0 Å². The lowest BCUT2D eigenvalue weighted by molar-refractivity contribution is 0.572. The van der Waals surface area contributed by atoms with Crippen LogP contribution in [-0.4, -0.2) is 4.98 Å². The van der Waals surface area contributed by atoms with E-state index >= 15 is 0 Å². The van der Waals surface area contributed by atoms with E-state index in [-0.39, 0.29) is 0 Å². The fourth-order valence-electron chi connectivity index (χ4n) is 1.85. The van der Waals surface area contributed by atoms with Crippen LogP contribution >= 0.6 is 11.6 Å². The van der Waals surface area contributed by atoms with E-state index < -0.39 is 0 Å². The predicted octanol–water partition coefficient (Wildman–Crippen LogP) is 4.66. The van der Waals surface area contributed by atoms with Crippen molar-refractivity contribution >= 4 is 11.6 Å². The predicted molar refractivity (Wildman–Crippen MR) is 72.4 cm³/mol. The van der Waals surface area contributed by atoms with Gasteiger partial charge in [0.1, 0.15) is 0 Å². The van der Waals surface area contributed by atoms with E-state index in [0.29, 0.717) is 0 Å². The molecule has 0 amide bonds.